The molecule has 0 aromatic carbocycles. The number of esters is 1. The van der Waals surface area contributed by atoms with Crippen LogP contribution in [-0.2, 0) is 14.3 Å². The highest BCUT2D eigenvalue weighted by molar-refractivity contribution is 5.71. The first-order valence-corrected chi connectivity index (χ1v) is 6.48. The molecule has 0 aliphatic carbocycles. The lowest BCUT2D eigenvalue weighted by Gasteiger charge is -2.31. The van der Waals surface area contributed by atoms with Crippen molar-refractivity contribution in [1.29, 1.82) is 0 Å². The predicted octanol–water partition coefficient (Wildman–Crippen LogP) is 0.760. The standard InChI is InChI=1S/C12H22N2O4/c1-3-17-11(15)9-13-10-5-7-14(8-6-10)12(16)18-4-2/h10,13H,3-9H2,1-2H3. The normalized spacial score (nSPS) is 16.4. The fourth-order valence-electron chi connectivity index (χ4n) is 1.92. The maximum Gasteiger partial charge on any atom is 0.409 e. The van der Waals surface area contributed by atoms with Crippen molar-refractivity contribution in [3.05, 3.63) is 0 Å². The number of rotatable bonds is 5. The van der Waals surface area contributed by atoms with E-state index in [1.807, 2.05) is 0 Å². The van der Waals surface area contributed by atoms with E-state index in [0.29, 0.717) is 26.3 Å². The molecule has 0 bridgehead atoms. The summed E-state index contributed by atoms with van der Waals surface area (Å²) >= 11 is 0. The van der Waals surface area contributed by atoms with Gasteiger partial charge in [-0.1, -0.05) is 0 Å². The van der Waals surface area contributed by atoms with Gasteiger partial charge in [0.05, 0.1) is 19.8 Å². The second kappa shape index (κ2) is 7.92. The van der Waals surface area contributed by atoms with Crippen molar-refractivity contribution in [1.82, 2.24) is 10.2 Å². The second-order valence-corrected chi connectivity index (χ2v) is 4.15. The Kier molecular flexibility index (Phi) is 6.49. The summed E-state index contributed by atoms with van der Waals surface area (Å²) in [6.07, 6.45) is 1.41. The fourth-order valence-corrected chi connectivity index (χ4v) is 1.92. The molecule has 1 aliphatic heterocycles. The number of hydrogen-bond acceptors (Lipinski definition) is 5. The average Bonchev–Trinajstić information content (AvgIpc) is 2.37. The van der Waals surface area contributed by atoms with Crippen LogP contribution in [0.4, 0.5) is 4.79 Å². The monoisotopic (exact) mass is 258 g/mol. The zero-order valence-electron chi connectivity index (χ0n) is 11.1. The third kappa shape index (κ3) is 4.91. The quantitative estimate of drug-likeness (QED) is 0.737. The molecular formula is C12H22N2O4. The lowest BCUT2D eigenvalue weighted by molar-refractivity contribution is -0.142. The maximum absolute atomic E-state index is 11.5. The minimum atomic E-state index is -0.249. The zero-order valence-corrected chi connectivity index (χ0v) is 11.1. The molecule has 6 nitrogen and oxygen atoms in total. The minimum Gasteiger partial charge on any atom is -0.465 e. The van der Waals surface area contributed by atoms with Gasteiger partial charge in [0, 0.05) is 19.1 Å². The van der Waals surface area contributed by atoms with Gasteiger partial charge in [-0.25, -0.2) is 4.79 Å². The number of nitrogens with zero attached hydrogens (tertiary/aromatic N) is 1. The van der Waals surface area contributed by atoms with Gasteiger partial charge < -0.3 is 19.7 Å². The van der Waals surface area contributed by atoms with Gasteiger partial charge in [-0.05, 0) is 26.7 Å². The van der Waals surface area contributed by atoms with Gasteiger partial charge in [0.15, 0.2) is 0 Å². The molecule has 18 heavy (non-hydrogen) atoms. The Balaban J connectivity index is 2.19. The van der Waals surface area contributed by atoms with E-state index in [1.54, 1.807) is 18.7 Å². The van der Waals surface area contributed by atoms with E-state index in [1.165, 1.54) is 0 Å². The van der Waals surface area contributed by atoms with E-state index in [9.17, 15) is 9.59 Å². The SMILES string of the molecule is CCOC(=O)CNC1CCN(C(=O)OCC)CC1. The van der Waals surface area contributed by atoms with Gasteiger partial charge in [0.25, 0.3) is 0 Å². The van der Waals surface area contributed by atoms with E-state index >= 15 is 0 Å². The number of ether oxygens (including phenoxy) is 2. The van der Waals surface area contributed by atoms with Gasteiger partial charge in [-0.15, -0.1) is 0 Å². The highest BCUT2D eigenvalue weighted by Crippen LogP contribution is 2.11. The summed E-state index contributed by atoms with van der Waals surface area (Å²) in [6.45, 7) is 5.96. The Morgan fingerprint density at radius 2 is 1.78 bits per heavy atom. The van der Waals surface area contributed by atoms with E-state index in [0.717, 1.165) is 12.8 Å². The molecule has 0 atom stereocenters. The highest BCUT2D eigenvalue weighted by Gasteiger charge is 2.23. The van der Waals surface area contributed by atoms with Crippen LogP contribution in [-0.4, -0.2) is 55.9 Å². The van der Waals surface area contributed by atoms with Crippen LogP contribution in [0.15, 0.2) is 0 Å². The van der Waals surface area contributed by atoms with Gasteiger partial charge in [0.2, 0.25) is 0 Å². The molecule has 1 rings (SSSR count). The number of carbonyl (C=O) groups is 2. The first kappa shape index (κ1) is 14.8. The first-order chi connectivity index (χ1) is 8.67. The molecule has 1 fully saturated rings. The molecule has 1 saturated heterocycles. The van der Waals surface area contributed by atoms with Gasteiger partial charge >= 0.3 is 12.1 Å². The molecule has 104 valence electrons. The number of carbonyl (C=O) groups excluding carboxylic acids is 2. The maximum atomic E-state index is 11.5. The van der Waals surface area contributed by atoms with Crippen LogP contribution < -0.4 is 5.32 Å². The number of likely N-dealkylation sites (tertiary alicyclic amines) is 1. The summed E-state index contributed by atoms with van der Waals surface area (Å²) in [7, 11) is 0. The van der Waals surface area contributed by atoms with Crippen molar-refractivity contribution in [2.75, 3.05) is 32.8 Å². The third-order valence-electron chi connectivity index (χ3n) is 2.86. The average molecular weight is 258 g/mol. The molecule has 1 N–H and O–H groups in total. The first-order valence-electron chi connectivity index (χ1n) is 6.48. The van der Waals surface area contributed by atoms with Crippen molar-refractivity contribution < 1.29 is 19.1 Å². The molecular weight excluding hydrogens is 236 g/mol. The van der Waals surface area contributed by atoms with Crippen LogP contribution >= 0.6 is 0 Å². The topological polar surface area (TPSA) is 67.9 Å². The van der Waals surface area contributed by atoms with E-state index in [-0.39, 0.29) is 24.6 Å². The number of piperidine rings is 1. The smallest absolute Gasteiger partial charge is 0.409 e. The summed E-state index contributed by atoms with van der Waals surface area (Å²) in [6, 6.07) is 0.264. The lowest BCUT2D eigenvalue weighted by Crippen LogP contribution is -2.46. The largest absolute Gasteiger partial charge is 0.465 e. The number of hydrogen-bond donors (Lipinski definition) is 1. The van der Waals surface area contributed by atoms with Crippen molar-refractivity contribution in [2.24, 2.45) is 0 Å². The van der Waals surface area contributed by atoms with Crippen LogP contribution in [0.2, 0.25) is 0 Å². The molecule has 6 heteroatoms. The Labute approximate surface area is 108 Å². The molecule has 0 radical (unpaired) electrons. The molecule has 1 aliphatic rings. The van der Waals surface area contributed by atoms with Crippen molar-refractivity contribution in [3.63, 3.8) is 0 Å². The minimum absolute atomic E-state index is 0.231. The molecule has 0 unspecified atom stereocenters. The Bertz CT molecular complexity index is 275. The van der Waals surface area contributed by atoms with Crippen molar-refractivity contribution >= 4 is 12.1 Å². The van der Waals surface area contributed by atoms with Crippen molar-refractivity contribution in [3.8, 4) is 0 Å². The fraction of sp³-hybridized carbons (Fsp3) is 0.833. The van der Waals surface area contributed by atoms with Crippen LogP contribution in [0.1, 0.15) is 26.7 Å². The predicted molar refractivity (Wildman–Crippen MR) is 66.3 cm³/mol. The molecule has 1 amide bonds. The van der Waals surface area contributed by atoms with Crippen LogP contribution in [0.5, 0.6) is 0 Å². The summed E-state index contributed by atoms with van der Waals surface area (Å²) in [5.41, 5.74) is 0. The highest BCUT2D eigenvalue weighted by atomic mass is 16.6. The lowest BCUT2D eigenvalue weighted by atomic mass is 10.1. The van der Waals surface area contributed by atoms with E-state index in [4.69, 9.17) is 9.47 Å². The van der Waals surface area contributed by atoms with Gasteiger partial charge in [0.1, 0.15) is 0 Å². The number of nitrogens with one attached hydrogen (secondary N) is 1. The molecule has 0 spiro atoms. The number of amides is 1. The molecule has 0 aromatic heterocycles. The molecule has 0 saturated carbocycles. The van der Waals surface area contributed by atoms with Crippen LogP contribution in [0, 0.1) is 0 Å². The van der Waals surface area contributed by atoms with Crippen LogP contribution in [0.3, 0.4) is 0 Å². The zero-order chi connectivity index (χ0) is 13.4. The Morgan fingerprint density at radius 3 is 2.33 bits per heavy atom. The Hall–Kier alpha value is -1.30. The summed E-state index contributed by atoms with van der Waals surface area (Å²) in [5, 5.41) is 3.14. The van der Waals surface area contributed by atoms with Gasteiger partial charge in [-0.2, -0.15) is 0 Å². The summed E-state index contributed by atoms with van der Waals surface area (Å²) < 4.78 is 9.78. The van der Waals surface area contributed by atoms with Crippen molar-refractivity contribution in [2.45, 2.75) is 32.7 Å². The summed E-state index contributed by atoms with van der Waals surface area (Å²) in [4.78, 5) is 24.3. The molecule has 1 heterocycles. The second-order valence-electron chi connectivity index (χ2n) is 4.15. The van der Waals surface area contributed by atoms with Crippen LogP contribution in [0.25, 0.3) is 0 Å². The van der Waals surface area contributed by atoms with E-state index < -0.39 is 0 Å². The third-order valence-corrected chi connectivity index (χ3v) is 2.86. The summed E-state index contributed by atoms with van der Waals surface area (Å²) in [5.74, 6) is -0.231. The van der Waals surface area contributed by atoms with Gasteiger partial charge in [-0.3, -0.25) is 4.79 Å². The Morgan fingerprint density at radius 1 is 1.17 bits per heavy atom. The molecule has 0 aromatic rings. The van der Waals surface area contributed by atoms with E-state index in [2.05, 4.69) is 5.32 Å².